The third-order valence-electron chi connectivity index (χ3n) is 4.86. The highest BCUT2D eigenvalue weighted by Gasteiger charge is 2.26. The molecule has 23 heavy (non-hydrogen) atoms. The first kappa shape index (κ1) is 16.3. The van der Waals surface area contributed by atoms with Gasteiger partial charge in [-0.1, -0.05) is 6.92 Å². The Morgan fingerprint density at radius 2 is 2.04 bits per heavy atom. The van der Waals surface area contributed by atoms with Crippen molar-refractivity contribution in [3.8, 4) is 0 Å². The Morgan fingerprint density at radius 1 is 1.26 bits per heavy atom. The number of rotatable bonds is 5. The van der Waals surface area contributed by atoms with Crippen LogP contribution in [0.5, 0.6) is 0 Å². The standard InChI is InChI=1S/C16H28N6O/c1-3-12-4-5-13-14(18-12)19-16(17)20-15(13)22-8-6-21(7-9-22)10-11-23-2/h12H,3-11H2,1-2H3,(H3,17,18,19,20). The first-order valence-electron chi connectivity index (χ1n) is 8.60. The number of hydrogen-bond donors (Lipinski definition) is 2. The molecule has 0 amide bonds. The highest BCUT2D eigenvalue weighted by molar-refractivity contribution is 5.63. The van der Waals surface area contributed by atoms with Crippen molar-refractivity contribution in [2.45, 2.75) is 32.2 Å². The summed E-state index contributed by atoms with van der Waals surface area (Å²) < 4.78 is 5.17. The van der Waals surface area contributed by atoms with Crippen molar-refractivity contribution in [1.82, 2.24) is 14.9 Å². The molecule has 1 fully saturated rings. The average molecular weight is 320 g/mol. The molecular formula is C16H28N6O. The maximum atomic E-state index is 5.95. The molecule has 3 N–H and O–H groups in total. The highest BCUT2D eigenvalue weighted by Crippen LogP contribution is 2.32. The zero-order valence-electron chi connectivity index (χ0n) is 14.2. The van der Waals surface area contributed by atoms with E-state index >= 15 is 0 Å². The number of nitrogens with zero attached hydrogens (tertiary/aromatic N) is 4. The maximum Gasteiger partial charge on any atom is 0.223 e. The zero-order chi connectivity index (χ0) is 16.2. The average Bonchev–Trinajstić information content (AvgIpc) is 2.59. The van der Waals surface area contributed by atoms with E-state index in [4.69, 9.17) is 10.5 Å². The second-order valence-electron chi connectivity index (χ2n) is 6.34. The maximum absolute atomic E-state index is 5.95. The minimum atomic E-state index is 0.366. The van der Waals surface area contributed by atoms with Gasteiger partial charge in [-0.15, -0.1) is 0 Å². The second-order valence-corrected chi connectivity index (χ2v) is 6.34. The number of nitrogen functional groups attached to an aromatic ring is 1. The minimum Gasteiger partial charge on any atom is -0.383 e. The fraction of sp³-hybridized carbons (Fsp3) is 0.750. The van der Waals surface area contributed by atoms with Gasteiger partial charge in [0.05, 0.1) is 6.61 Å². The smallest absolute Gasteiger partial charge is 0.223 e. The lowest BCUT2D eigenvalue weighted by atomic mass is 9.99. The van der Waals surface area contributed by atoms with Gasteiger partial charge in [-0.05, 0) is 19.3 Å². The molecule has 128 valence electrons. The molecule has 3 rings (SSSR count). The number of hydrogen-bond acceptors (Lipinski definition) is 7. The summed E-state index contributed by atoms with van der Waals surface area (Å²) >= 11 is 0. The highest BCUT2D eigenvalue weighted by atomic mass is 16.5. The predicted octanol–water partition coefficient (Wildman–Crippen LogP) is 0.964. The number of nitrogens with two attached hydrogens (primary N) is 1. The summed E-state index contributed by atoms with van der Waals surface area (Å²) in [6, 6.07) is 0.496. The number of methoxy groups -OCH3 is 1. The van der Waals surface area contributed by atoms with Gasteiger partial charge in [0.2, 0.25) is 5.95 Å². The molecule has 3 heterocycles. The second kappa shape index (κ2) is 7.31. The summed E-state index contributed by atoms with van der Waals surface area (Å²) in [7, 11) is 1.75. The lowest BCUT2D eigenvalue weighted by molar-refractivity contribution is 0.144. The van der Waals surface area contributed by atoms with E-state index in [2.05, 4.69) is 32.0 Å². The lowest BCUT2D eigenvalue weighted by Gasteiger charge is -2.37. The van der Waals surface area contributed by atoms with Crippen molar-refractivity contribution in [1.29, 1.82) is 0 Å². The van der Waals surface area contributed by atoms with Crippen molar-refractivity contribution in [2.75, 3.05) is 62.4 Å². The van der Waals surface area contributed by atoms with Crippen molar-refractivity contribution in [3.63, 3.8) is 0 Å². The fourth-order valence-corrected chi connectivity index (χ4v) is 3.39. The van der Waals surface area contributed by atoms with Crippen LogP contribution < -0.4 is 16.0 Å². The number of nitrogens with one attached hydrogen (secondary N) is 1. The molecule has 0 aromatic carbocycles. The molecule has 2 aliphatic rings. The predicted molar refractivity (Wildman–Crippen MR) is 93.0 cm³/mol. The molecule has 0 aliphatic carbocycles. The Morgan fingerprint density at radius 3 is 2.74 bits per heavy atom. The monoisotopic (exact) mass is 320 g/mol. The summed E-state index contributed by atoms with van der Waals surface area (Å²) in [4.78, 5) is 13.8. The Balaban J connectivity index is 1.72. The lowest BCUT2D eigenvalue weighted by Crippen LogP contribution is -2.48. The number of piperazine rings is 1. The molecule has 1 aromatic rings. The minimum absolute atomic E-state index is 0.366. The van der Waals surface area contributed by atoms with Crippen LogP contribution in [0, 0.1) is 0 Å². The van der Waals surface area contributed by atoms with Crippen molar-refractivity contribution in [3.05, 3.63) is 5.56 Å². The molecule has 0 bridgehead atoms. The molecule has 0 saturated carbocycles. The zero-order valence-corrected chi connectivity index (χ0v) is 14.2. The molecule has 1 saturated heterocycles. The number of anilines is 3. The third-order valence-corrected chi connectivity index (χ3v) is 4.86. The Hall–Kier alpha value is -1.60. The Bertz CT molecular complexity index is 530. The third kappa shape index (κ3) is 3.67. The first-order valence-corrected chi connectivity index (χ1v) is 8.60. The summed E-state index contributed by atoms with van der Waals surface area (Å²) in [5, 5.41) is 3.52. The molecule has 7 heteroatoms. The van der Waals surface area contributed by atoms with E-state index in [9.17, 15) is 0 Å². The quantitative estimate of drug-likeness (QED) is 0.836. The Labute approximate surface area is 138 Å². The van der Waals surface area contributed by atoms with Crippen molar-refractivity contribution >= 4 is 17.6 Å². The molecule has 7 nitrogen and oxygen atoms in total. The van der Waals surface area contributed by atoms with Crippen LogP contribution in [0.2, 0.25) is 0 Å². The molecule has 1 atom stereocenters. The largest absolute Gasteiger partial charge is 0.383 e. The fourth-order valence-electron chi connectivity index (χ4n) is 3.39. The first-order chi connectivity index (χ1) is 11.2. The van der Waals surface area contributed by atoms with Crippen LogP contribution >= 0.6 is 0 Å². The number of aromatic nitrogens is 2. The van der Waals surface area contributed by atoms with Gasteiger partial charge in [0.25, 0.3) is 0 Å². The van der Waals surface area contributed by atoms with Gasteiger partial charge in [-0.3, -0.25) is 4.90 Å². The van der Waals surface area contributed by atoms with Crippen LogP contribution in [0.15, 0.2) is 0 Å². The van der Waals surface area contributed by atoms with Gasteiger partial charge in [0, 0.05) is 51.4 Å². The number of ether oxygens (including phenoxy) is 1. The van der Waals surface area contributed by atoms with Gasteiger partial charge < -0.3 is 20.7 Å². The molecule has 0 radical (unpaired) electrons. The molecule has 1 aromatic heterocycles. The van der Waals surface area contributed by atoms with Crippen LogP contribution in [0.1, 0.15) is 25.3 Å². The van der Waals surface area contributed by atoms with Crippen LogP contribution in [0.4, 0.5) is 17.6 Å². The van der Waals surface area contributed by atoms with Crippen molar-refractivity contribution in [2.24, 2.45) is 0 Å². The van der Waals surface area contributed by atoms with E-state index in [1.807, 2.05) is 0 Å². The molecular weight excluding hydrogens is 292 g/mol. The van der Waals surface area contributed by atoms with Gasteiger partial charge >= 0.3 is 0 Å². The van der Waals surface area contributed by atoms with E-state index < -0.39 is 0 Å². The van der Waals surface area contributed by atoms with E-state index in [1.165, 1.54) is 5.56 Å². The molecule has 0 spiro atoms. The van der Waals surface area contributed by atoms with Gasteiger partial charge in [-0.2, -0.15) is 9.97 Å². The topological polar surface area (TPSA) is 79.5 Å². The molecule has 1 unspecified atom stereocenters. The molecule has 2 aliphatic heterocycles. The van der Waals surface area contributed by atoms with E-state index in [0.717, 1.165) is 70.2 Å². The normalized spacial score (nSPS) is 21.8. The van der Waals surface area contributed by atoms with Crippen LogP contribution in [0.25, 0.3) is 0 Å². The van der Waals surface area contributed by atoms with E-state index in [1.54, 1.807) is 7.11 Å². The van der Waals surface area contributed by atoms with Gasteiger partial charge in [-0.25, -0.2) is 0 Å². The van der Waals surface area contributed by atoms with E-state index in [0.29, 0.717) is 12.0 Å². The summed E-state index contributed by atoms with van der Waals surface area (Å²) in [6.45, 7) is 8.01. The van der Waals surface area contributed by atoms with Gasteiger partial charge in [0.1, 0.15) is 11.6 Å². The van der Waals surface area contributed by atoms with Crippen molar-refractivity contribution < 1.29 is 4.74 Å². The van der Waals surface area contributed by atoms with Crippen LogP contribution in [-0.2, 0) is 11.2 Å². The van der Waals surface area contributed by atoms with Gasteiger partial charge in [0.15, 0.2) is 0 Å². The summed E-state index contributed by atoms with van der Waals surface area (Å²) in [5.41, 5.74) is 7.18. The van der Waals surface area contributed by atoms with E-state index in [-0.39, 0.29) is 0 Å². The SMILES string of the molecule is CCC1CCc2c(nc(N)nc2N2CCN(CCOC)CC2)N1. The summed E-state index contributed by atoms with van der Waals surface area (Å²) in [6.07, 6.45) is 3.27. The number of fused-ring (bicyclic) bond motifs is 1. The van der Waals surface area contributed by atoms with Crippen LogP contribution in [-0.4, -0.2) is 67.4 Å². The Kier molecular flexibility index (Phi) is 5.17. The summed E-state index contributed by atoms with van der Waals surface area (Å²) in [5.74, 6) is 2.33. The van der Waals surface area contributed by atoms with Crippen LogP contribution in [0.3, 0.4) is 0 Å².